The number of carbonyl (C=O) groups excluding carboxylic acids is 2. The Balaban J connectivity index is 1.32. The molecule has 2 aliphatic heterocycles. The van der Waals surface area contributed by atoms with Gasteiger partial charge in [-0.15, -0.1) is 0 Å². The number of rotatable bonds is 7. The molecule has 3 rings (SSSR count). The van der Waals surface area contributed by atoms with Gasteiger partial charge in [0.15, 0.2) is 0 Å². The van der Waals surface area contributed by atoms with E-state index in [1.165, 1.54) is 7.11 Å². The van der Waals surface area contributed by atoms with E-state index in [4.69, 9.17) is 9.47 Å². The predicted octanol–water partition coefficient (Wildman–Crippen LogP) is 0.328. The highest BCUT2D eigenvalue weighted by molar-refractivity contribution is 5.89. The third kappa shape index (κ3) is 5.92. The van der Waals surface area contributed by atoms with Gasteiger partial charge in [0.25, 0.3) is 0 Å². The molecule has 1 aromatic rings. The largest absolute Gasteiger partial charge is 0.492 e. The summed E-state index contributed by atoms with van der Waals surface area (Å²) in [6.45, 7) is 8.27. The van der Waals surface area contributed by atoms with Gasteiger partial charge in [-0.3, -0.25) is 14.6 Å². The first-order chi connectivity index (χ1) is 13.7. The van der Waals surface area contributed by atoms with Crippen LogP contribution in [0.25, 0.3) is 0 Å². The van der Waals surface area contributed by atoms with Gasteiger partial charge in [0.1, 0.15) is 12.4 Å². The van der Waals surface area contributed by atoms with E-state index < -0.39 is 0 Å². The molecule has 0 atom stereocenters. The van der Waals surface area contributed by atoms with Gasteiger partial charge in [0.05, 0.1) is 32.4 Å². The lowest BCUT2D eigenvalue weighted by Crippen LogP contribution is -2.52. The summed E-state index contributed by atoms with van der Waals surface area (Å²) in [5.74, 6) is 0.592. The highest BCUT2D eigenvalue weighted by Crippen LogP contribution is 2.13. The van der Waals surface area contributed by atoms with Crippen LogP contribution < -0.4 is 4.74 Å². The Morgan fingerprint density at radius 1 is 0.964 bits per heavy atom. The molecule has 0 unspecified atom stereocenters. The monoisotopic (exact) mass is 391 g/mol. The van der Waals surface area contributed by atoms with E-state index in [-0.39, 0.29) is 11.9 Å². The summed E-state index contributed by atoms with van der Waals surface area (Å²) in [4.78, 5) is 30.2. The molecule has 2 aliphatic rings. The number of piperazine rings is 1. The van der Waals surface area contributed by atoms with Gasteiger partial charge in [-0.25, -0.2) is 4.79 Å². The first-order valence-electron chi connectivity index (χ1n) is 9.77. The van der Waals surface area contributed by atoms with Crippen LogP contribution in [0.2, 0.25) is 0 Å². The van der Waals surface area contributed by atoms with Crippen molar-refractivity contribution in [2.75, 3.05) is 79.3 Å². The summed E-state index contributed by atoms with van der Waals surface area (Å²) in [5.41, 5.74) is 0.512. The zero-order valence-corrected chi connectivity index (χ0v) is 16.5. The number of hydrogen-bond donors (Lipinski definition) is 0. The van der Waals surface area contributed by atoms with E-state index in [1.54, 1.807) is 24.3 Å². The van der Waals surface area contributed by atoms with Gasteiger partial charge in [0.2, 0.25) is 5.91 Å². The minimum absolute atomic E-state index is 0.204. The van der Waals surface area contributed by atoms with Crippen LogP contribution in [-0.2, 0) is 14.3 Å². The fourth-order valence-electron chi connectivity index (χ4n) is 3.37. The maximum atomic E-state index is 12.3. The topological polar surface area (TPSA) is 71.6 Å². The van der Waals surface area contributed by atoms with Crippen molar-refractivity contribution in [2.45, 2.75) is 0 Å². The number of esters is 1. The summed E-state index contributed by atoms with van der Waals surface area (Å²) in [6, 6.07) is 6.96. The van der Waals surface area contributed by atoms with Crippen LogP contribution in [0.15, 0.2) is 24.3 Å². The molecule has 1 aromatic carbocycles. The third-order valence-corrected chi connectivity index (χ3v) is 5.14. The van der Waals surface area contributed by atoms with Crippen molar-refractivity contribution in [1.29, 1.82) is 0 Å². The molecule has 0 bridgehead atoms. The lowest BCUT2D eigenvalue weighted by Gasteiger charge is -2.35. The molecular weight excluding hydrogens is 362 g/mol. The predicted molar refractivity (Wildman–Crippen MR) is 104 cm³/mol. The minimum Gasteiger partial charge on any atom is -0.492 e. The average Bonchev–Trinajstić information content (AvgIpc) is 2.75. The highest BCUT2D eigenvalue weighted by atomic mass is 16.5. The Morgan fingerprint density at radius 2 is 1.61 bits per heavy atom. The molecule has 1 amide bonds. The smallest absolute Gasteiger partial charge is 0.337 e. The van der Waals surface area contributed by atoms with Crippen LogP contribution in [0.3, 0.4) is 0 Å². The number of carbonyl (C=O) groups is 2. The number of benzene rings is 1. The molecule has 8 nitrogen and oxygen atoms in total. The molecule has 0 radical (unpaired) electrons. The van der Waals surface area contributed by atoms with Crippen LogP contribution >= 0.6 is 0 Å². The van der Waals surface area contributed by atoms with Crippen molar-refractivity contribution in [3.05, 3.63) is 29.8 Å². The highest BCUT2D eigenvalue weighted by Gasteiger charge is 2.22. The second-order valence-corrected chi connectivity index (χ2v) is 6.98. The van der Waals surface area contributed by atoms with Crippen molar-refractivity contribution in [2.24, 2.45) is 0 Å². The molecule has 0 aromatic heterocycles. The van der Waals surface area contributed by atoms with Gasteiger partial charge >= 0.3 is 5.97 Å². The Bertz CT molecular complexity index is 638. The van der Waals surface area contributed by atoms with E-state index in [1.807, 2.05) is 4.90 Å². The molecule has 0 N–H and O–H groups in total. The van der Waals surface area contributed by atoms with Gasteiger partial charge in [-0.2, -0.15) is 0 Å². The third-order valence-electron chi connectivity index (χ3n) is 5.14. The van der Waals surface area contributed by atoms with Crippen LogP contribution in [0.1, 0.15) is 10.4 Å². The molecule has 2 fully saturated rings. The van der Waals surface area contributed by atoms with Gasteiger partial charge in [-0.1, -0.05) is 0 Å². The fourth-order valence-corrected chi connectivity index (χ4v) is 3.37. The maximum Gasteiger partial charge on any atom is 0.337 e. The van der Waals surface area contributed by atoms with Crippen LogP contribution in [0.4, 0.5) is 0 Å². The van der Waals surface area contributed by atoms with Crippen molar-refractivity contribution < 1.29 is 23.8 Å². The van der Waals surface area contributed by atoms with Crippen LogP contribution in [0, 0.1) is 0 Å². The normalized spacial score (nSPS) is 18.7. The first-order valence-corrected chi connectivity index (χ1v) is 9.77. The summed E-state index contributed by atoms with van der Waals surface area (Å²) in [7, 11) is 1.37. The minimum atomic E-state index is -0.350. The first kappa shape index (κ1) is 20.6. The average molecular weight is 391 g/mol. The quantitative estimate of drug-likeness (QED) is 0.620. The second kappa shape index (κ2) is 10.4. The van der Waals surface area contributed by atoms with Crippen LogP contribution in [-0.4, -0.2) is 106 Å². The number of methoxy groups -OCH3 is 1. The van der Waals surface area contributed by atoms with Gasteiger partial charge < -0.3 is 19.1 Å². The van der Waals surface area contributed by atoms with Crippen molar-refractivity contribution in [1.82, 2.24) is 14.7 Å². The molecule has 154 valence electrons. The zero-order chi connectivity index (χ0) is 19.8. The molecule has 2 heterocycles. The SMILES string of the molecule is COC(=O)c1ccc(OCCN2CCN(CC(=O)N3CCOCC3)CC2)cc1. The number of nitrogens with zero attached hydrogens (tertiary/aromatic N) is 3. The molecule has 2 saturated heterocycles. The maximum absolute atomic E-state index is 12.3. The van der Waals surface area contributed by atoms with E-state index in [0.29, 0.717) is 45.0 Å². The lowest BCUT2D eigenvalue weighted by atomic mass is 10.2. The Kier molecular flexibility index (Phi) is 7.64. The molecule has 28 heavy (non-hydrogen) atoms. The van der Waals surface area contributed by atoms with Crippen molar-refractivity contribution >= 4 is 11.9 Å². The fraction of sp³-hybridized carbons (Fsp3) is 0.600. The molecule has 0 aliphatic carbocycles. The van der Waals surface area contributed by atoms with Gasteiger partial charge in [0, 0.05) is 45.8 Å². The summed E-state index contributed by atoms with van der Waals surface area (Å²) in [6.07, 6.45) is 0. The standard InChI is InChI=1S/C20H29N3O5/c1-26-20(25)17-2-4-18(5-3-17)28-15-10-21-6-8-22(9-7-21)16-19(24)23-11-13-27-14-12-23/h2-5H,6-16H2,1H3. The summed E-state index contributed by atoms with van der Waals surface area (Å²) >= 11 is 0. The number of hydrogen-bond acceptors (Lipinski definition) is 7. The van der Waals surface area contributed by atoms with E-state index >= 15 is 0 Å². The van der Waals surface area contributed by atoms with Crippen molar-refractivity contribution in [3.8, 4) is 5.75 Å². The van der Waals surface area contributed by atoms with E-state index in [9.17, 15) is 9.59 Å². The Hall–Kier alpha value is -2.16. The summed E-state index contributed by atoms with van der Waals surface area (Å²) in [5, 5.41) is 0. The Labute approximate surface area is 165 Å². The lowest BCUT2D eigenvalue weighted by molar-refractivity contribution is -0.136. The van der Waals surface area contributed by atoms with Crippen LogP contribution in [0.5, 0.6) is 5.75 Å². The molecule has 8 heteroatoms. The van der Waals surface area contributed by atoms with Gasteiger partial charge in [-0.05, 0) is 24.3 Å². The van der Waals surface area contributed by atoms with E-state index in [0.717, 1.165) is 38.5 Å². The number of morpholine rings is 1. The Morgan fingerprint density at radius 3 is 2.25 bits per heavy atom. The van der Waals surface area contributed by atoms with Crippen molar-refractivity contribution in [3.63, 3.8) is 0 Å². The second-order valence-electron chi connectivity index (χ2n) is 6.98. The zero-order valence-electron chi connectivity index (χ0n) is 16.5. The molecule has 0 saturated carbocycles. The number of ether oxygens (including phenoxy) is 3. The molecule has 0 spiro atoms. The van der Waals surface area contributed by atoms with E-state index in [2.05, 4.69) is 14.5 Å². The molecular formula is C20H29N3O5. The number of amides is 1. The summed E-state index contributed by atoms with van der Waals surface area (Å²) < 4.78 is 15.8.